The molecule has 1 atom stereocenters. The Balaban J connectivity index is 1.70. The van der Waals surface area contributed by atoms with Crippen LogP contribution in [0, 0.1) is 6.92 Å². The second kappa shape index (κ2) is 9.40. The molecule has 0 bridgehead atoms. The molecule has 0 radical (unpaired) electrons. The third-order valence-corrected chi connectivity index (χ3v) is 7.18. The van der Waals surface area contributed by atoms with Gasteiger partial charge in [0.1, 0.15) is 0 Å². The van der Waals surface area contributed by atoms with Gasteiger partial charge in [0.15, 0.2) is 0 Å². The summed E-state index contributed by atoms with van der Waals surface area (Å²) in [6.45, 7) is 2.31. The number of benzene rings is 2. The fourth-order valence-electron chi connectivity index (χ4n) is 3.57. The van der Waals surface area contributed by atoms with Crippen molar-refractivity contribution >= 4 is 27.6 Å². The van der Waals surface area contributed by atoms with Crippen LogP contribution < -0.4 is 5.32 Å². The second-order valence-corrected chi connectivity index (χ2v) is 9.29. The van der Waals surface area contributed by atoms with Gasteiger partial charge in [0.25, 0.3) is 0 Å². The molecule has 0 saturated carbocycles. The van der Waals surface area contributed by atoms with Gasteiger partial charge < -0.3 is 10.1 Å². The minimum atomic E-state index is -3.66. The molecule has 160 valence electrons. The number of aryl methyl sites for hydroxylation is 1. The monoisotopic (exact) mass is 430 g/mol. The fraction of sp³-hybridized carbons (Fsp3) is 0.364. The number of carbonyl (C=O) groups excluding carboxylic acids is 2. The van der Waals surface area contributed by atoms with Crippen molar-refractivity contribution in [3.63, 3.8) is 0 Å². The molecular formula is C22H26N2O5S. The molecule has 1 aliphatic heterocycles. The summed E-state index contributed by atoms with van der Waals surface area (Å²) in [6.07, 6.45) is 2.37. The van der Waals surface area contributed by atoms with Crippen LogP contribution >= 0.6 is 0 Å². The Kier molecular flexibility index (Phi) is 6.89. The Morgan fingerprint density at radius 1 is 1.07 bits per heavy atom. The van der Waals surface area contributed by atoms with Crippen LogP contribution in [0.25, 0.3) is 0 Å². The van der Waals surface area contributed by atoms with Crippen molar-refractivity contribution in [1.82, 2.24) is 4.31 Å². The minimum absolute atomic E-state index is 0.0733. The lowest BCUT2D eigenvalue weighted by Gasteiger charge is -2.34. The zero-order valence-electron chi connectivity index (χ0n) is 17.1. The predicted octanol–water partition coefficient (Wildman–Crippen LogP) is 3.35. The van der Waals surface area contributed by atoms with E-state index in [0.29, 0.717) is 24.2 Å². The quantitative estimate of drug-likeness (QED) is 0.710. The summed E-state index contributed by atoms with van der Waals surface area (Å²) >= 11 is 0. The van der Waals surface area contributed by atoms with Crippen molar-refractivity contribution in [2.75, 3.05) is 19.0 Å². The first-order chi connectivity index (χ1) is 14.3. The Bertz CT molecular complexity index is 1000. The third-order valence-electron chi connectivity index (χ3n) is 5.21. The van der Waals surface area contributed by atoms with Crippen molar-refractivity contribution < 1.29 is 22.7 Å². The van der Waals surface area contributed by atoms with E-state index in [9.17, 15) is 18.0 Å². The van der Waals surface area contributed by atoms with E-state index in [1.54, 1.807) is 48.5 Å². The maximum absolute atomic E-state index is 13.1. The maximum Gasteiger partial charge on any atom is 0.337 e. The van der Waals surface area contributed by atoms with Gasteiger partial charge in [-0.25, -0.2) is 13.2 Å². The number of methoxy groups -OCH3 is 1. The first-order valence-electron chi connectivity index (χ1n) is 9.88. The molecule has 1 unspecified atom stereocenters. The Hall–Kier alpha value is -2.71. The lowest BCUT2D eigenvalue weighted by Crippen LogP contribution is -2.45. The molecule has 1 saturated heterocycles. The molecule has 30 heavy (non-hydrogen) atoms. The van der Waals surface area contributed by atoms with E-state index in [2.05, 4.69) is 10.1 Å². The van der Waals surface area contributed by atoms with Crippen LogP contribution in [0.5, 0.6) is 0 Å². The molecule has 0 aliphatic carbocycles. The zero-order valence-corrected chi connectivity index (χ0v) is 17.9. The van der Waals surface area contributed by atoms with E-state index >= 15 is 0 Å². The molecule has 0 aromatic heterocycles. The Labute approximate surface area is 177 Å². The number of nitrogens with zero attached hydrogens (tertiary/aromatic N) is 1. The summed E-state index contributed by atoms with van der Waals surface area (Å²) in [4.78, 5) is 24.3. The standard InChI is InChI=1S/C22H26N2O5S/c1-16-6-12-20(13-7-16)30(27,28)24-14-4-3-5-19(24)15-21(25)23-18-10-8-17(9-11-18)22(26)29-2/h6-13,19H,3-5,14-15H2,1-2H3,(H,23,25). The number of sulfonamides is 1. The van der Waals surface area contributed by atoms with E-state index in [-0.39, 0.29) is 23.3 Å². The molecule has 7 nitrogen and oxygen atoms in total. The molecule has 8 heteroatoms. The van der Waals surface area contributed by atoms with Crippen molar-refractivity contribution in [1.29, 1.82) is 0 Å². The zero-order chi connectivity index (χ0) is 21.7. The van der Waals surface area contributed by atoms with Gasteiger partial charge in [0.2, 0.25) is 15.9 Å². The summed E-state index contributed by atoms with van der Waals surface area (Å²) in [5, 5.41) is 2.78. The number of amides is 1. The summed E-state index contributed by atoms with van der Waals surface area (Å²) in [5.74, 6) is -0.719. The number of hydrogen-bond acceptors (Lipinski definition) is 5. The van der Waals surface area contributed by atoms with Crippen LogP contribution in [-0.2, 0) is 19.6 Å². The summed E-state index contributed by atoms with van der Waals surface area (Å²) in [5.41, 5.74) is 1.91. The fourth-order valence-corrected chi connectivity index (χ4v) is 5.27. The second-order valence-electron chi connectivity index (χ2n) is 7.40. The molecule has 1 fully saturated rings. The van der Waals surface area contributed by atoms with E-state index < -0.39 is 16.0 Å². The Morgan fingerprint density at radius 3 is 2.37 bits per heavy atom. The van der Waals surface area contributed by atoms with Crippen LogP contribution in [-0.4, -0.2) is 44.3 Å². The molecule has 1 amide bonds. The summed E-state index contributed by atoms with van der Waals surface area (Å²) < 4.78 is 32.4. The van der Waals surface area contributed by atoms with E-state index in [1.165, 1.54) is 11.4 Å². The normalized spacial score (nSPS) is 17.3. The van der Waals surface area contributed by atoms with Crippen molar-refractivity contribution in [3.8, 4) is 0 Å². The first-order valence-corrected chi connectivity index (χ1v) is 11.3. The summed E-state index contributed by atoms with van der Waals surface area (Å²) in [7, 11) is -2.36. The van der Waals surface area contributed by atoms with Gasteiger partial charge in [0.05, 0.1) is 17.6 Å². The largest absolute Gasteiger partial charge is 0.465 e. The summed E-state index contributed by atoms with van der Waals surface area (Å²) in [6, 6.07) is 12.7. The number of piperidine rings is 1. The van der Waals surface area contributed by atoms with Gasteiger partial charge in [-0.05, 0) is 56.2 Å². The van der Waals surface area contributed by atoms with Gasteiger partial charge in [-0.3, -0.25) is 4.79 Å². The number of esters is 1. The average Bonchev–Trinajstić information content (AvgIpc) is 2.74. The van der Waals surface area contributed by atoms with Crippen LogP contribution in [0.1, 0.15) is 41.6 Å². The number of ether oxygens (including phenoxy) is 1. The number of carbonyl (C=O) groups is 2. The number of rotatable bonds is 6. The number of hydrogen-bond donors (Lipinski definition) is 1. The van der Waals surface area contributed by atoms with Gasteiger partial charge >= 0.3 is 5.97 Å². The smallest absolute Gasteiger partial charge is 0.337 e. The molecule has 1 N–H and O–H groups in total. The first kappa shape index (κ1) is 22.0. The van der Waals surface area contributed by atoms with E-state index in [1.807, 2.05) is 6.92 Å². The van der Waals surface area contributed by atoms with Crippen LogP contribution in [0.15, 0.2) is 53.4 Å². The predicted molar refractivity (Wildman–Crippen MR) is 114 cm³/mol. The number of anilines is 1. The molecular weight excluding hydrogens is 404 g/mol. The van der Waals surface area contributed by atoms with E-state index in [4.69, 9.17) is 0 Å². The van der Waals surface area contributed by atoms with Crippen LogP contribution in [0.3, 0.4) is 0 Å². The van der Waals surface area contributed by atoms with Crippen molar-refractivity contribution in [2.24, 2.45) is 0 Å². The Morgan fingerprint density at radius 2 is 1.73 bits per heavy atom. The SMILES string of the molecule is COC(=O)c1ccc(NC(=O)CC2CCCCN2S(=O)(=O)c2ccc(C)cc2)cc1. The molecule has 1 aliphatic rings. The highest BCUT2D eigenvalue weighted by molar-refractivity contribution is 7.89. The van der Waals surface area contributed by atoms with Gasteiger partial charge in [-0.2, -0.15) is 4.31 Å². The highest BCUT2D eigenvalue weighted by atomic mass is 32.2. The molecule has 2 aromatic rings. The van der Waals surface area contributed by atoms with Gasteiger partial charge in [-0.15, -0.1) is 0 Å². The van der Waals surface area contributed by atoms with Gasteiger partial charge in [-0.1, -0.05) is 24.1 Å². The van der Waals surface area contributed by atoms with E-state index in [0.717, 1.165) is 18.4 Å². The molecule has 3 rings (SSSR count). The third kappa shape index (κ3) is 5.06. The topological polar surface area (TPSA) is 92.8 Å². The number of nitrogens with one attached hydrogen (secondary N) is 1. The van der Waals surface area contributed by atoms with Crippen LogP contribution in [0.2, 0.25) is 0 Å². The maximum atomic E-state index is 13.1. The highest BCUT2D eigenvalue weighted by Crippen LogP contribution is 2.27. The van der Waals surface area contributed by atoms with Gasteiger partial charge in [0, 0.05) is 24.7 Å². The lowest BCUT2D eigenvalue weighted by molar-refractivity contribution is -0.117. The minimum Gasteiger partial charge on any atom is -0.465 e. The average molecular weight is 431 g/mol. The van der Waals surface area contributed by atoms with Crippen molar-refractivity contribution in [2.45, 2.75) is 43.5 Å². The molecule has 0 spiro atoms. The molecule has 2 aromatic carbocycles. The molecule has 1 heterocycles. The van der Waals surface area contributed by atoms with Crippen LogP contribution in [0.4, 0.5) is 5.69 Å². The lowest BCUT2D eigenvalue weighted by atomic mass is 10.0. The van der Waals surface area contributed by atoms with Crippen molar-refractivity contribution in [3.05, 3.63) is 59.7 Å². The highest BCUT2D eigenvalue weighted by Gasteiger charge is 2.34.